The van der Waals surface area contributed by atoms with Crippen LogP contribution in [0.25, 0.3) is 84.0 Å². The van der Waals surface area contributed by atoms with Crippen molar-refractivity contribution in [2.45, 2.75) is 26.2 Å². The molecule has 7 aromatic rings. The number of hydrogen-bond acceptors (Lipinski definition) is 8. The first-order chi connectivity index (χ1) is 25.0. The van der Waals surface area contributed by atoms with Gasteiger partial charge in [0.25, 0.3) is 5.69 Å². The standard InChI is InChI=1S/C37H24Cl3N9O3/c1-37(2,3)16-12-13-19-21(14-16)33-43-32(19)42-30-17-8-4-5-9-18(17)31(41-30)45-35-24-25(27(39)29(28(40)26(24)38)52-15-23(50)51)36(46-35)48-49-22-11-7-6-10-20(22)34(44-33)47-49/h4-14H,15H2,1-3H3,(H2,41,42,43,44,45,46,47,48,50,51)/p+1. The van der Waals surface area contributed by atoms with Crippen LogP contribution < -0.4 is 9.53 Å². The molecule has 256 valence electrons. The molecule has 4 aromatic carbocycles. The minimum Gasteiger partial charge on any atom is -0.479 e. The Kier molecular flexibility index (Phi) is 7.23. The lowest BCUT2D eigenvalue weighted by Crippen LogP contribution is -2.35. The molecule has 5 heterocycles. The molecule has 0 aliphatic carbocycles. The number of nitrogens with zero attached hydrogens (tertiary/aromatic N) is 7. The Balaban J connectivity index is 1.48. The maximum absolute atomic E-state index is 11.4. The molecule has 0 fully saturated rings. The predicted octanol–water partition coefficient (Wildman–Crippen LogP) is 8.20. The van der Waals surface area contributed by atoms with Gasteiger partial charge in [0.05, 0.1) is 35.8 Å². The van der Waals surface area contributed by atoms with Crippen LogP contribution >= 0.6 is 34.8 Å². The van der Waals surface area contributed by atoms with Gasteiger partial charge in [-0.2, -0.15) is 0 Å². The van der Waals surface area contributed by atoms with Crippen LogP contribution in [0.5, 0.6) is 5.75 Å². The number of para-hydroxylation sites is 1. The van der Waals surface area contributed by atoms with Crippen LogP contribution in [0, 0.1) is 0 Å². The Bertz CT molecular complexity index is 2880. The first kappa shape index (κ1) is 32.2. The van der Waals surface area contributed by atoms with Crippen LogP contribution in [0.15, 0.2) is 66.7 Å². The smallest absolute Gasteiger partial charge is 0.341 e. The van der Waals surface area contributed by atoms with Gasteiger partial charge >= 0.3 is 5.97 Å². The zero-order valence-corrected chi connectivity index (χ0v) is 29.9. The van der Waals surface area contributed by atoms with Crippen molar-refractivity contribution in [2.24, 2.45) is 0 Å². The molecule has 0 saturated heterocycles. The number of hydrogen-bond donors (Lipinski definition) is 3. The van der Waals surface area contributed by atoms with Crippen molar-refractivity contribution in [3.05, 3.63) is 87.4 Å². The topological polar surface area (TPSA) is 159 Å². The van der Waals surface area contributed by atoms with Gasteiger partial charge in [0, 0.05) is 28.0 Å². The maximum Gasteiger partial charge on any atom is 0.341 e. The van der Waals surface area contributed by atoms with Crippen LogP contribution in [0.2, 0.25) is 15.1 Å². The molecule has 9 rings (SSSR count). The number of ether oxygens (including phenoxy) is 1. The summed E-state index contributed by atoms with van der Waals surface area (Å²) in [6.45, 7) is 5.79. The van der Waals surface area contributed by atoms with E-state index in [4.69, 9.17) is 69.7 Å². The minimum absolute atomic E-state index is 0.0165. The highest BCUT2D eigenvalue weighted by atomic mass is 35.5. The fraction of sp³-hybridized carbons (Fsp3) is 0.135. The number of carboxylic acids is 1. The van der Waals surface area contributed by atoms with Crippen LogP contribution in [0.4, 0.5) is 0 Å². The molecular formula is C37H25Cl3N9O3+. The van der Waals surface area contributed by atoms with Crippen molar-refractivity contribution in [1.82, 2.24) is 40.1 Å². The van der Waals surface area contributed by atoms with E-state index in [2.05, 4.69) is 48.9 Å². The number of carbonyl (C=O) groups is 1. The SMILES string of the molecule is CC(C)(C)c1ccc2c3nc4nc(nc5[nH]c(n[n+]6nc(nc([nH]3)c2c1)-c1ccccc1-6)c1c(Cl)c(OCC(=O)O)c(Cl)c(Cl)c51)-c1ccccc1-4. The van der Waals surface area contributed by atoms with Crippen molar-refractivity contribution < 1.29 is 19.4 Å². The third-order valence-corrected chi connectivity index (χ3v) is 10.2. The molecular weight excluding hydrogens is 725 g/mol. The number of halogens is 3. The highest BCUT2D eigenvalue weighted by Crippen LogP contribution is 2.48. The third-order valence-electron chi connectivity index (χ3n) is 8.98. The fourth-order valence-electron chi connectivity index (χ4n) is 6.45. The lowest BCUT2D eigenvalue weighted by molar-refractivity contribution is -0.711. The van der Waals surface area contributed by atoms with Crippen molar-refractivity contribution >= 4 is 84.9 Å². The summed E-state index contributed by atoms with van der Waals surface area (Å²) in [5.74, 6) is -0.133. The number of H-pyrrole nitrogens is 2. The van der Waals surface area contributed by atoms with E-state index < -0.39 is 12.6 Å². The van der Waals surface area contributed by atoms with Crippen molar-refractivity contribution in [3.8, 4) is 45.6 Å². The van der Waals surface area contributed by atoms with Gasteiger partial charge in [-0.3, -0.25) is 0 Å². The lowest BCUT2D eigenvalue weighted by atomic mass is 9.86. The second-order valence-electron chi connectivity index (χ2n) is 13.3. The van der Waals surface area contributed by atoms with Crippen molar-refractivity contribution in [3.63, 3.8) is 0 Å². The molecule has 12 nitrogen and oxygen atoms in total. The van der Waals surface area contributed by atoms with E-state index in [1.54, 1.807) is 0 Å². The fourth-order valence-corrected chi connectivity index (χ4v) is 7.34. The summed E-state index contributed by atoms with van der Waals surface area (Å²) in [7, 11) is 0. The quantitative estimate of drug-likeness (QED) is 0.120. The van der Waals surface area contributed by atoms with Crippen molar-refractivity contribution in [1.29, 1.82) is 0 Å². The Morgan fingerprint density at radius 1 is 0.712 bits per heavy atom. The Morgan fingerprint density at radius 2 is 1.33 bits per heavy atom. The average Bonchev–Trinajstić information content (AvgIpc) is 3.85. The molecule has 0 atom stereocenters. The first-order valence-electron chi connectivity index (χ1n) is 16.1. The molecule has 3 N–H and O–H groups in total. The number of carboxylic acid groups (broad SMARTS) is 1. The van der Waals surface area contributed by atoms with Crippen LogP contribution in [0.1, 0.15) is 26.3 Å². The number of benzene rings is 4. The molecule has 15 heteroatoms. The van der Waals surface area contributed by atoms with Gasteiger partial charge in [-0.05, 0) is 23.1 Å². The zero-order chi connectivity index (χ0) is 36.1. The van der Waals surface area contributed by atoms with E-state index in [-0.39, 0.29) is 42.9 Å². The Hall–Kier alpha value is -5.69. The van der Waals surface area contributed by atoms with E-state index in [0.717, 1.165) is 33.0 Å². The molecule has 8 bridgehead atoms. The summed E-state index contributed by atoms with van der Waals surface area (Å²) in [4.78, 5) is 39.6. The molecule has 0 amide bonds. The molecule has 2 aliphatic rings. The average molecular weight is 750 g/mol. The van der Waals surface area contributed by atoms with Crippen LogP contribution in [-0.2, 0) is 10.2 Å². The Morgan fingerprint density at radius 3 is 2.04 bits per heavy atom. The van der Waals surface area contributed by atoms with Gasteiger partial charge < -0.3 is 19.8 Å². The highest BCUT2D eigenvalue weighted by Gasteiger charge is 2.30. The first-order valence-corrected chi connectivity index (χ1v) is 17.2. The largest absolute Gasteiger partial charge is 0.479 e. The summed E-state index contributed by atoms with van der Waals surface area (Å²) in [6, 6.07) is 21.5. The van der Waals surface area contributed by atoms with E-state index in [1.807, 2.05) is 48.5 Å². The molecule has 2 aliphatic heterocycles. The summed E-state index contributed by atoms with van der Waals surface area (Å²) in [6.07, 6.45) is 0. The number of aromatic amines is 2. The summed E-state index contributed by atoms with van der Waals surface area (Å²) in [5, 5.41) is 21.3. The molecule has 0 unspecified atom stereocenters. The highest BCUT2D eigenvalue weighted by molar-refractivity contribution is 6.51. The minimum atomic E-state index is -1.22. The molecule has 0 radical (unpaired) electrons. The van der Waals surface area contributed by atoms with E-state index >= 15 is 0 Å². The van der Waals surface area contributed by atoms with Crippen LogP contribution in [-0.4, -0.2) is 57.8 Å². The molecule has 0 spiro atoms. The predicted molar refractivity (Wildman–Crippen MR) is 199 cm³/mol. The number of aliphatic carboxylic acids is 1. The van der Waals surface area contributed by atoms with Gasteiger partial charge in [0.2, 0.25) is 11.5 Å². The lowest BCUT2D eigenvalue weighted by Gasteiger charge is -2.18. The number of fused-ring (bicyclic) bond motifs is 20. The monoisotopic (exact) mass is 748 g/mol. The Labute approximate surface area is 309 Å². The van der Waals surface area contributed by atoms with E-state index in [9.17, 15) is 9.90 Å². The van der Waals surface area contributed by atoms with E-state index in [0.29, 0.717) is 39.8 Å². The second-order valence-corrected chi connectivity index (χ2v) is 14.5. The van der Waals surface area contributed by atoms with Crippen LogP contribution in [0.3, 0.4) is 0 Å². The van der Waals surface area contributed by atoms with Gasteiger partial charge in [-0.15, -0.1) is 0 Å². The van der Waals surface area contributed by atoms with Gasteiger partial charge in [-0.25, -0.2) is 24.7 Å². The number of nitrogens with one attached hydrogen (secondary N) is 2. The normalized spacial score (nSPS) is 12.3. The molecule has 0 saturated carbocycles. The molecule has 3 aromatic heterocycles. The zero-order valence-electron chi connectivity index (χ0n) is 27.6. The van der Waals surface area contributed by atoms with Crippen molar-refractivity contribution in [2.75, 3.05) is 6.61 Å². The summed E-state index contributed by atoms with van der Waals surface area (Å²) in [5.41, 5.74) is 5.50. The molecule has 52 heavy (non-hydrogen) atoms. The second kappa shape index (κ2) is 11.7. The summed E-state index contributed by atoms with van der Waals surface area (Å²) < 4.78 is 5.52. The van der Waals surface area contributed by atoms with E-state index in [1.165, 1.54) is 4.80 Å². The van der Waals surface area contributed by atoms with Gasteiger partial charge in [-0.1, -0.05) is 104 Å². The van der Waals surface area contributed by atoms with Gasteiger partial charge in [0.15, 0.2) is 24.0 Å². The number of rotatable bonds is 3. The van der Waals surface area contributed by atoms with Gasteiger partial charge in [0.1, 0.15) is 27.5 Å². The third kappa shape index (κ3) is 5.05. The number of aromatic nitrogens is 9. The summed E-state index contributed by atoms with van der Waals surface area (Å²) >= 11 is 20.5. The maximum atomic E-state index is 11.4.